The maximum absolute atomic E-state index is 13.4. The monoisotopic (exact) mass is 461 g/mol. The molecule has 8 nitrogen and oxygen atoms in total. The molecule has 1 saturated carbocycles. The van der Waals surface area contributed by atoms with Crippen molar-refractivity contribution < 1.29 is 27.8 Å². The summed E-state index contributed by atoms with van der Waals surface area (Å²) in [6, 6.07) is 5.17. The van der Waals surface area contributed by atoms with Crippen LogP contribution in [0.3, 0.4) is 0 Å². The molecule has 174 valence electrons. The van der Waals surface area contributed by atoms with Gasteiger partial charge in [-0.1, -0.05) is 12.1 Å². The Hall–Kier alpha value is -3.63. The summed E-state index contributed by atoms with van der Waals surface area (Å²) in [5.41, 5.74) is 0.0621. The molecule has 1 aromatic carbocycles. The average Bonchev–Trinajstić information content (AvgIpc) is 3.28. The predicted molar refractivity (Wildman–Crippen MR) is 112 cm³/mol. The summed E-state index contributed by atoms with van der Waals surface area (Å²) in [6.45, 7) is 0.408. The van der Waals surface area contributed by atoms with Gasteiger partial charge in [0.15, 0.2) is 5.75 Å². The molecule has 1 aliphatic rings. The molecule has 0 bridgehead atoms. The number of alkyl halides is 3. The van der Waals surface area contributed by atoms with Gasteiger partial charge in [0.1, 0.15) is 12.0 Å². The van der Waals surface area contributed by atoms with Crippen molar-refractivity contribution >= 4 is 6.09 Å². The molecule has 11 heteroatoms. The number of amides is 1. The molecular weight excluding hydrogens is 439 g/mol. The van der Waals surface area contributed by atoms with Crippen molar-refractivity contribution in [3.63, 3.8) is 0 Å². The maximum atomic E-state index is 13.4. The van der Waals surface area contributed by atoms with E-state index < -0.39 is 17.8 Å². The lowest BCUT2D eigenvalue weighted by atomic mass is 9.86. The van der Waals surface area contributed by atoms with Crippen molar-refractivity contribution in [2.75, 3.05) is 6.61 Å². The van der Waals surface area contributed by atoms with Crippen molar-refractivity contribution in [3.05, 3.63) is 54.7 Å². The second-order valence-electron chi connectivity index (χ2n) is 7.90. The number of carbonyl (C=O) groups is 1. The number of ether oxygens (including phenoxy) is 1. The Kier molecular flexibility index (Phi) is 6.47. The van der Waals surface area contributed by atoms with Gasteiger partial charge >= 0.3 is 12.3 Å². The third-order valence-corrected chi connectivity index (χ3v) is 5.64. The molecule has 2 aromatic heterocycles. The second kappa shape index (κ2) is 9.47. The summed E-state index contributed by atoms with van der Waals surface area (Å²) in [4.78, 5) is 19.0. The Morgan fingerprint density at radius 1 is 1.18 bits per heavy atom. The fraction of sp³-hybridized carbons (Fsp3) is 0.364. The smallest absolute Gasteiger partial charge is 0.418 e. The fourth-order valence-corrected chi connectivity index (χ4v) is 3.98. The number of para-hydroxylation sites is 1. The minimum absolute atomic E-state index is 0.0419. The topological polar surface area (TPSA) is 102 Å². The normalized spacial score (nSPS) is 18.6. The molecule has 0 aliphatic heterocycles. The molecule has 1 fully saturated rings. The number of nitrogens with zero attached hydrogens (tertiary/aromatic N) is 4. The Bertz CT molecular complexity index is 1110. The van der Waals surface area contributed by atoms with Crippen molar-refractivity contribution in [2.24, 2.45) is 5.92 Å². The first-order chi connectivity index (χ1) is 15.8. The maximum Gasteiger partial charge on any atom is 0.418 e. The van der Waals surface area contributed by atoms with Crippen LogP contribution in [0.2, 0.25) is 0 Å². The summed E-state index contributed by atoms with van der Waals surface area (Å²) in [7, 11) is 0. The van der Waals surface area contributed by atoms with Gasteiger partial charge in [-0.15, -0.1) is 0 Å². The van der Waals surface area contributed by atoms with E-state index in [0.29, 0.717) is 23.6 Å². The van der Waals surface area contributed by atoms with Crippen LogP contribution in [0.1, 0.15) is 31.2 Å². The quantitative estimate of drug-likeness (QED) is 0.558. The van der Waals surface area contributed by atoms with Gasteiger partial charge in [-0.05, 0) is 43.7 Å². The highest BCUT2D eigenvalue weighted by atomic mass is 19.4. The number of hydrogen-bond donors (Lipinski definition) is 2. The van der Waals surface area contributed by atoms with Crippen LogP contribution in [0, 0.1) is 5.92 Å². The molecule has 0 radical (unpaired) electrons. The van der Waals surface area contributed by atoms with E-state index in [1.165, 1.54) is 47.8 Å². The van der Waals surface area contributed by atoms with Crippen LogP contribution in [0.4, 0.5) is 18.0 Å². The van der Waals surface area contributed by atoms with Crippen molar-refractivity contribution in [2.45, 2.75) is 37.9 Å². The summed E-state index contributed by atoms with van der Waals surface area (Å²) in [6.07, 6.45) is 3.36. The first-order valence-corrected chi connectivity index (χ1v) is 10.4. The zero-order valence-electron chi connectivity index (χ0n) is 17.5. The van der Waals surface area contributed by atoms with Gasteiger partial charge in [-0.2, -0.15) is 18.3 Å². The molecule has 0 atom stereocenters. The average molecular weight is 461 g/mol. The first kappa shape index (κ1) is 22.6. The van der Waals surface area contributed by atoms with Gasteiger partial charge in [0.05, 0.1) is 30.3 Å². The van der Waals surface area contributed by atoms with E-state index in [0.717, 1.165) is 31.7 Å². The van der Waals surface area contributed by atoms with Gasteiger partial charge in [-0.25, -0.2) is 19.4 Å². The highest BCUT2D eigenvalue weighted by Gasteiger charge is 2.34. The Balaban J connectivity index is 1.47. The summed E-state index contributed by atoms with van der Waals surface area (Å²) in [5, 5.41) is 15.5. The van der Waals surface area contributed by atoms with Crippen LogP contribution in [-0.4, -0.2) is 43.6 Å². The molecule has 1 amide bonds. The molecule has 33 heavy (non-hydrogen) atoms. The number of halogens is 3. The van der Waals surface area contributed by atoms with Gasteiger partial charge < -0.3 is 15.2 Å². The fourth-order valence-electron chi connectivity index (χ4n) is 3.98. The summed E-state index contributed by atoms with van der Waals surface area (Å²) < 4.78 is 47.3. The van der Waals surface area contributed by atoms with Crippen LogP contribution in [0.25, 0.3) is 16.9 Å². The highest BCUT2D eigenvalue weighted by molar-refractivity contribution is 5.65. The largest absolute Gasteiger partial charge is 0.489 e. The molecule has 0 unspecified atom stereocenters. The van der Waals surface area contributed by atoms with Crippen molar-refractivity contribution in [1.29, 1.82) is 0 Å². The minimum atomic E-state index is -4.51. The molecule has 0 saturated heterocycles. The zero-order valence-corrected chi connectivity index (χ0v) is 17.5. The minimum Gasteiger partial charge on any atom is -0.489 e. The van der Waals surface area contributed by atoms with E-state index in [1.54, 1.807) is 0 Å². The number of hydrogen-bond acceptors (Lipinski definition) is 5. The van der Waals surface area contributed by atoms with E-state index >= 15 is 0 Å². The molecule has 0 spiro atoms. The predicted octanol–water partition coefficient (Wildman–Crippen LogP) is 4.55. The third kappa shape index (κ3) is 5.41. The summed E-state index contributed by atoms with van der Waals surface area (Å²) in [5.74, 6) is 0.665. The van der Waals surface area contributed by atoms with Crippen molar-refractivity contribution in [1.82, 2.24) is 25.1 Å². The number of nitrogens with one attached hydrogen (secondary N) is 1. The van der Waals surface area contributed by atoms with E-state index in [4.69, 9.17) is 9.84 Å². The van der Waals surface area contributed by atoms with Crippen molar-refractivity contribution in [3.8, 4) is 22.7 Å². The number of benzene rings is 1. The van der Waals surface area contributed by atoms with Crippen LogP contribution in [0.15, 0.2) is 49.2 Å². The van der Waals surface area contributed by atoms with E-state index in [2.05, 4.69) is 20.4 Å². The van der Waals surface area contributed by atoms with Crippen LogP contribution in [0.5, 0.6) is 5.75 Å². The van der Waals surface area contributed by atoms with E-state index in [1.807, 2.05) is 0 Å². The first-order valence-electron chi connectivity index (χ1n) is 10.4. The van der Waals surface area contributed by atoms with E-state index in [9.17, 15) is 18.0 Å². The molecular formula is C22H22F3N5O3. The standard InChI is InChI=1S/C22H22F3N5O3/c23-22(24,25)17-3-1-2-4-18(17)30-11-15(9-28-30)20-19(10-26-13-27-20)33-12-14-5-7-16(8-6-14)29-21(31)32/h1-4,9-11,13-14,16,29H,5-8,12H2,(H,31,32). The molecule has 1 aliphatic carbocycles. The Labute approximate surface area is 187 Å². The third-order valence-electron chi connectivity index (χ3n) is 5.64. The van der Waals surface area contributed by atoms with Crippen LogP contribution >= 0.6 is 0 Å². The highest BCUT2D eigenvalue weighted by Crippen LogP contribution is 2.35. The Morgan fingerprint density at radius 2 is 1.94 bits per heavy atom. The molecule has 4 rings (SSSR count). The van der Waals surface area contributed by atoms with Crippen LogP contribution in [-0.2, 0) is 6.18 Å². The molecule has 2 heterocycles. The lowest BCUT2D eigenvalue weighted by molar-refractivity contribution is -0.137. The SMILES string of the molecule is O=C(O)NC1CCC(COc2cncnc2-c2cnn(-c3ccccc3C(F)(F)F)c2)CC1. The summed E-state index contributed by atoms with van der Waals surface area (Å²) >= 11 is 0. The van der Waals surface area contributed by atoms with Gasteiger partial charge in [0, 0.05) is 17.8 Å². The van der Waals surface area contributed by atoms with E-state index in [-0.39, 0.29) is 17.6 Å². The van der Waals surface area contributed by atoms with Gasteiger partial charge in [0.25, 0.3) is 0 Å². The van der Waals surface area contributed by atoms with Gasteiger partial charge in [-0.3, -0.25) is 0 Å². The number of aromatic nitrogens is 4. The lowest BCUT2D eigenvalue weighted by Gasteiger charge is -2.28. The number of rotatable bonds is 6. The van der Waals surface area contributed by atoms with Crippen LogP contribution < -0.4 is 10.1 Å². The molecule has 3 aromatic rings. The lowest BCUT2D eigenvalue weighted by Crippen LogP contribution is -2.37. The Morgan fingerprint density at radius 3 is 2.67 bits per heavy atom. The van der Waals surface area contributed by atoms with Gasteiger partial charge in [0.2, 0.25) is 0 Å². The zero-order chi connectivity index (χ0) is 23.4. The molecule has 2 N–H and O–H groups in total. The second-order valence-corrected chi connectivity index (χ2v) is 7.90. The number of carboxylic acid groups (broad SMARTS) is 1.